The van der Waals surface area contributed by atoms with Crippen molar-refractivity contribution >= 4 is 11.5 Å². The number of carboxylic acids is 1. The zero-order valence-electron chi connectivity index (χ0n) is 7.24. The van der Waals surface area contributed by atoms with Crippen molar-refractivity contribution in [2.24, 2.45) is 0 Å². The zero-order chi connectivity index (χ0) is 9.84. The molecule has 68 valence electrons. The van der Waals surface area contributed by atoms with Gasteiger partial charge < -0.3 is 14.6 Å². The summed E-state index contributed by atoms with van der Waals surface area (Å²) in [5.41, 5.74) is 0.503. The molecule has 0 spiro atoms. The molecule has 1 aromatic carbocycles. The van der Waals surface area contributed by atoms with Crippen molar-refractivity contribution < 1.29 is 14.6 Å². The number of hydrogen-bond acceptors (Lipinski definition) is 3. The molecule has 1 aromatic rings. The quantitative estimate of drug-likeness (QED) is 0.630. The largest absolute Gasteiger partial charge is 0.545 e. The van der Waals surface area contributed by atoms with Crippen molar-refractivity contribution in [3.63, 3.8) is 0 Å². The number of hydrogen-bond donors (Lipinski definition) is 0. The lowest BCUT2D eigenvalue weighted by Crippen LogP contribution is -2.22. The Morgan fingerprint density at radius 3 is 2.31 bits per heavy atom. The van der Waals surface area contributed by atoms with Crippen LogP contribution in [0.4, 0.5) is 0 Å². The Kier molecular flexibility index (Phi) is 2.69. The van der Waals surface area contributed by atoms with E-state index in [1.807, 2.05) is 0 Å². The van der Waals surface area contributed by atoms with Crippen molar-refractivity contribution in [3.05, 3.63) is 36.4 Å². The second-order valence-electron chi connectivity index (χ2n) is 2.49. The fraction of sp³-hybridized carbons (Fsp3) is 0.100. The van der Waals surface area contributed by atoms with Crippen LogP contribution in [0, 0.1) is 0 Å². The summed E-state index contributed by atoms with van der Waals surface area (Å²) >= 11 is 0. The Balaban J connectivity index is 2.92. The van der Waals surface area contributed by atoms with Gasteiger partial charge in [-0.3, -0.25) is 0 Å². The van der Waals surface area contributed by atoms with Crippen molar-refractivity contribution in [2.75, 3.05) is 7.11 Å². The SMILES string of the molecule is C=C(C(=O)[O-])c1ccc(OC)cc1. The third kappa shape index (κ3) is 2.08. The topological polar surface area (TPSA) is 49.4 Å². The van der Waals surface area contributed by atoms with Gasteiger partial charge in [0.1, 0.15) is 5.75 Å². The van der Waals surface area contributed by atoms with E-state index in [0.717, 1.165) is 0 Å². The molecule has 0 fully saturated rings. The number of methoxy groups -OCH3 is 1. The molecule has 0 aliphatic heterocycles. The number of carboxylic acid groups (broad SMARTS) is 1. The van der Waals surface area contributed by atoms with Gasteiger partial charge in [0.05, 0.1) is 13.1 Å². The van der Waals surface area contributed by atoms with Gasteiger partial charge >= 0.3 is 0 Å². The molecule has 0 aromatic heterocycles. The molecule has 0 radical (unpaired) electrons. The Labute approximate surface area is 76.3 Å². The van der Waals surface area contributed by atoms with Crippen LogP contribution in [-0.2, 0) is 4.79 Å². The third-order valence-electron chi connectivity index (χ3n) is 1.68. The Hall–Kier alpha value is -1.77. The lowest BCUT2D eigenvalue weighted by Gasteiger charge is -2.06. The van der Waals surface area contributed by atoms with Crippen LogP contribution in [0.1, 0.15) is 5.56 Å². The summed E-state index contributed by atoms with van der Waals surface area (Å²) in [4.78, 5) is 10.4. The Morgan fingerprint density at radius 2 is 1.92 bits per heavy atom. The van der Waals surface area contributed by atoms with Crippen LogP contribution < -0.4 is 9.84 Å². The van der Waals surface area contributed by atoms with Crippen LogP contribution >= 0.6 is 0 Å². The zero-order valence-corrected chi connectivity index (χ0v) is 7.24. The van der Waals surface area contributed by atoms with Gasteiger partial charge in [0, 0.05) is 0 Å². The van der Waals surface area contributed by atoms with E-state index >= 15 is 0 Å². The molecule has 0 atom stereocenters. The van der Waals surface area contributed by atoms with E-state index in [1.54, 1.807) is 31.4 Å². The van der Waals surface area contributed by atoms with Crippen LogP contribution in [0.15, 0.2) is 30.8 Å². The monoisotopic (exact) mass is 177 g/mol. The maximum atomic E-state index is 10.4. The van der Waals surface area contributed by atoms with E-state index in [2.05, 4.69) is 6.58 Å². The highest BCUT2D eigenvalue weighted by molar-refractivity contribution is 6.13. The first-order valence-electron chi connectivity index (χ1n) is 3.70. The molecular weight excluding hydrogens is 168 g/mol. The third-order valence-corrected chi connectivity index (χ3v) is 1.68. The van der Waals surface area contributed by atoms with Crippen LogP contribution in [0.5, 0.6) is 5.75 Å². The highest BCUT2D eigenvalue weighted by Gasteiger charge is 1.99. The molecule has 3 nitrogen and oxygen atoms in total. The second-order valence-corrected chi connectivity index (χ2v) is 2.49. The number of benzene rings is 1. The summed E-state index contributed by atoms with van der Waals surface area (Å²) in [5, 5.41) is 10.4. The number of carbonyl (C=O) groups excluding carboxylic acids is 1. The average Bonchev–Trinajstić information content (AvgIpc) is 2.17. The minimum Gasteiger partial charge on any atom is -0.545 e. The molecule has 0 N–H and O–H groups in total. The van der Waals surface area contributed by atoms with E-state index in [-0.39, 0.29) is 5.57 Å². The number of rotatable bonds is 3. The van der Waals surface area contributed by atoms with Gasteiger partial charge in [-0.1, -0.05) is 18.7 Å². The summed E-state index contributed by atoms with van der Waals surface area (Å²) in [6.45, 7) is 3.38. The van der Waals surface area contributed by atoms with Gasteiger partial charge in [-0.15, -0.1) is 0 Å². The smallest absolute Gasteiger partial charge is 0.118 e. The molecule has 0 aliphatic rings. The maximum Gasteiger partial charge on any atom is 0.118 e. The van der Waals surface area contributed by atoms with Gasteiger partial charge in [0.15, 0.2) is 0 Å². The fourth-order valence-electron chi connectivity index (χ4n) is 0.910. The molecular formula is C10H9O3-. The maximum absolute atomic E-state index is 10.4. The predicted octanol–water partition coefficient (Wildman–Crippen LogP) is 0.458. The fourth-order valence-corrected chi connectivity index (χ4v) is 0.910. The summed E-state index contributed by atoms with van der Waals surface area (Å²) in [7, 11) is 1.54. The lowest BCUT2D eigenvalue weighted by atomic mass is 10.1. The normalized spacial score (nSPS) is 9.31. The summed E-state index contributed by atoms with van der Waals surface area (Å²) in [6, 6.07) is 6.58. The Bertz CT molecular complexity index is 325. The molecule has 0 saturated heterocycles. The standard InChI is InChI=1S/C10H10O3/c1-7(10(11)12)8-3-5-9(13-2)6-4-8/h3-6H,1H2,2H3,(H,11,12)/p-1. The lowest BCUT2D eigenvalue weighted by molar-refractivity contribution is -0.295. The van der Waals surface area contributed by atoms with Crippen molar-refractivity contribution in [1.29, 1.82) is 0 Å². The molecule has 0 saturated carbocycles. The molecule has 0 bridgehead atoms. The predicted molar refractivity (Wildman–Crippen MR) is 47.0 cm³/mol. The first-order valence-corrected chi connectivity index (χ1v) is 3.70. The first kappa shape index (κ1) is 9.32. The highest BCUT2D eigenvalue weighted by Crippen LogP contribution is 2.16. The molecule has 13 heavy (non-hydrogen) atoms. The minimum atomic E-state index is -1.26. The second kappa shape index (κ2) is 3.76. The molecule has 0 unspecified atom stereocenters. The van der Waals surface area contributed by atoms with E-state index in [9.17, 15) is 9.90 Å². The van der Waals surface area contributed by atoms with E-state index < -0.39 is 5.97 Å². The molecule has 1 rings (SSSR count). The average molecular weight is 177 g/mol. The van der Waals surface area contributed by atoms with Gasteiger partial charge in [-0.05, 0) is 23.3 Å². The molecule has 3 heteroatoms. The summed E-state index contributed by atoms with van der Waals surface area (Å²) in [6.07, 6.45) is 0. The molecule has 0 amide bonds. The molecule has 0 heterocycles. The molecule has 0 aliphatic carbocycles. The van der Waals surface area contributed by atoms with Gasteiger partial charge in [0.2, 0.25) is 0 Å². The summed E-state index contributed by atoms with van der Waals surface area (Å²) in [5.74, 6) is -0.583. The minimum absolute atomic E-state index is 0.0253. The van der Waals surface area contributed by atoms with Crippen LogP contribution in [0.2, 0.25) is 0 Å². The van der Waals surface area contributed by atoms with Crippen LogP contribution in [-0.4, -0.2) is 13.1 Å². The Morgan fingerprint density at radius 1 is 1.38 bits per heavy atom. The van der Waals surface area contributed by atoms with Gasteiger partial charge in [-0.25, -0.2) is 0 Å². The summed E-state index contributed by atoms with van der Waals surface area (Å²) < 4.78 is 4.92. The highest BCUT2D eigenvalue weighted by atomic mass is 16.5. The first-order chi connectivity index (χ1) is 6.15. The van der Waals surface area contributed by atoms with Crippen LogP contribution in [0.3, 0.4) is 0 Å². The van der Waals surface area contributed by atoms with E-state index in [0.29, 0.717) is 11.3 Å². The van der Waals surface area contributed by atoms with Gasteiger partial charge in [-0.2, -0.15) is 0 Å². The van der Waals surface area contributed by atoms with E-state index in [1.165, 1.54) is 0 Å². The van der Waals surface area contributed by atoms with Crippen LogP contribution in [0.25, 0.3) is 5.57 Å². The number of carbonyl (C=O) groups is 1. The van der Waals surface area contributed by atoms with Crippen molar-refractivity contribution in [3.8, 4) is 5.75 Å². The number of aliphatic carboxylic acids is 1. The van der Waals surface area contributed by atoms with E-state index in [4.69, 9.17) is 4.74 Å². The van der Waals surface area contributed by atoms with Crippen molar-refractivity contribution in [1.82, 2.24) is 0 Å². The number of ether oxygens (including phenoxy) is 1. The van der Waals surface area contributed by atoms with Gasteiger partial charge in [0.25, 0.3) is 0 Å². The van der Waals surface area contributed by atoms with Crippen molar-refractivity contribution in [2.45, 2.75) is 0 Å².